The number of amides is 1. The van der Waals surface area contributed by atoms with Crippen molar-refractivity contribution in [2.24, 2.45) is 5.92 Å². The van der Waals surface area contributed by atoms with E-state index in [1.807, 2.05) is 17.5 Å². The molecule has 0 radical (unpaired) electrons. The van der Waals surface area contributed by atoms with E-state index in [2.05, 4.69) is 15.5 Å². The van der Waals surface area contributed by atoms with Gasteiger partial charge in [0.2, 0.25) is 5.91 Å². The lowest BCUT2D eigenvalue weighted by atomic mass is 10.0. The quantitative estimate of drug-likeness (QED) is 0.919. The second-order valence-electron chi connectivity index (χ2n) is 5.12. The number of nitrogens with zero attached hydrogens (tertiary/aromatic N) is 2. The molecule has 0 spiro atoms. The van der Waals surface area contributed by atoms with Gasteiger partial charge in [0.25, 0.3) is 5.89 Å². The van der Waals surface area contributed by atoms with Crippen molar-refractivity contribution in [1.29, 1.82) is 0 Å². The van der Waals surface area contributed by atoms with Gasteiger partial charge in [-0.05, 0) is 30.2 Å². The van der Waals surface area contributed by atoms with Gasteiger partial charge in [0.05, 0.1) is 11.4 Å². The number of hydrogen-bond donors (Lipinski definition) is 1. The summed E-state index contributed by atoms with van der Waals surface area (Å²) in [6.07, 6.45) is 5.49. The fraction of sp³-hybridized carbons (Fsp3) is 0.500. The molecule has 0 unspecified atom stereocenters. The zero-order valence-electron chi connectivity index (χ0n) is 11.2. The van der Waals surface area contributed by atoms with Gasteiger partial charge >= 0.3 is 0 Å². The molecule has 0 bridgehead atoms. The van der Waals surface area contributed by atoms with E-state index < -0.39 is 0 Å². The van der Waals surface area contributed by atoms with Crippen molar-refractivity contribution in [1.82, 2.24) is 15.5 Å². The second kappa shape index (κ2) is 6.17. The van der Waals surface area contributed by atoms with Crippen LogP contribution < -0.4 is 5.32 Å². The fourth-order valence-electron chi connectivity index (χ4n) is 2.55. The molecule has 0 atom stereocenters. The number of rotatable bonds is 5. The van der Waals surface area contributed by atoms with E-state index in [9.17, 15) is 4.79 Å². The average molecular weight is 291 g/mol. The first-order valence-corrected chi connectivity index (χ1v) is 7.82. The van der Waals surface area contributed by atoms with Gasteiger partial charge < -0.3 is 9.84 Å². The van der Waals surface area contributed by atoms with Crippen LogP contribution in [0.15, 0.2) is 22.0 Å². The Morgan fingerprint density at radius 3 is 3.05 bits per heavy atom. The first-order valence-electron chi connectivity index (χ1n) is 6.94. The molecule has 106 valence electrons. The zero-order valence-corrected chi connectivity index (χ0v) is 12.0. The molecule has 2 aromatic rings. The standard InChI is InChI=1S/C14H17N3O2S/c18-13(8-10-4-1-2-5-10)15-9-12-16-14(19-17-12)11-6-3-7-20-11/h3,6-7,10H,1-2,4-5,8-9H2,(H,15,18). The van der Waals surface area contributed by atoms with Crippen molar-refractivity contribution in [2.45, 2.75) is 38.6 Å². The molecule has 1 aliphatic carbocycles. The summed E-state index contributed by atoms with van der Waals surface area (Å²) in [5, 5.41) is 8.71. The van der Waals surface area contributed by atoms with Gasteiger partial charge in [0.1, 0.15) is 0 Å². The highest BCUT2D eigenvalue weighted by atomic mass is 32.1. The maximum absolute atomic E-state index is 11.8. The highest BCUT2D eigenvalue weighted by Crippen LogP contribution is 2.27. The molecule has 3 rings (SSSR count). The smallest absolute Gasteiger partial charge is 0.268 e. The second-order valence-corrected chi connectivity index (χ2v) is 6.07. The molecule has 1 fully saturated rings. The topological polar surface area (TPSA) is 68.0 Å². The van der Waals surface area contributed by atoms with E-state index >= 15 is 0 Å². The van der Waals surface area contributed by atoms with Crippen molar-refractivity contribution in [3.8, 4) is 10.8 Å². The van der Waals surface area contributed by atoms with E-state index in [0.717, 1.165) is 4.88 Å². The number of carbonyl (C=O) groups is 1. The van der Waals surface area contributed by atoms with Crippen molar-refractivity contribution < 1.29 is 9.32 Å². The average Bonchev–Trinajstić information content (AvgIpc) is 3.18. The minimum atomic E-state index is 0.0828. The summed E-state index contributed by atoms with van der Waals surface area (Å²) < 4.78 is 5.17. The van der Waals surface area contributed by atoms with Gasteiger partial charge in [-0.15, -0.1) is 11.3 Å². The molecular formula is C14H17N3O2S. The molecule has 1 amide bonds. The first-order chi connectivity index (χ1) is 9.81. The predicted molar refractivity (Wildman–Crippen MR) is 76.0 cm³/mol. The third-order valence-electron chi connectivity index (χ3n) is 3.59. The SMILES string of the molecule is O=C(CC1CCCC1)NCc1noc(-c2cccs2)n1. The maximum atomic E-state index is 11.8. The van der Waals surface area contributed by atoms with Gasteiger partial charge in [-0.25, -0.2) is 0 Å². The van der Waals surface area contributed by atoms with Gasteiger partial charge in [-0.2, -0.15) is 4.98 Å². The van der Waals surface area contributed by atoms with Crippen LogP contribution in [0.4, 0.5) is 0 Å². The number of aromatic nitrogens is 2. The van der Waals surface area contributed by atoms with E-state index in [-0.39, 0.29) is 5.91 Å². The van der Waals surface area contributed by atoms with Crippen LogP contribution in [0.25, 0.3) is 10.8 Å². The molecule has 0 aliphatic heterocycles. The molecule has 0 aromatic carbocycles. The van der Waals surface area contributed by atoms with Crippen LogP contribution in [-0.4, -0.2) is 16.0 Å². The Hall–Kier alpha value is -1.69. The highest BCUT2D eigenvalue weighted by molar-refractivity contribution is 7.13. The van der Waals surface area contributed by atoms with Gasteiger partial charge in [-0.1, -0.05) is 24.1 Å². The lowest BCUT2D eigenvalue weighted by Crippen LogP contribution is -2.25. The van der Waals surface area contributed by atoms with Crippen LogP contribution >= 0.6 is 11.3 Å². The Morgan fingerprint density at radius 1 is 1.45 bits per heavy atom. The summed E-state index contributed by atoms with van der Waals surface area (Å²) in [7, 11) is 0. The van der Waals surface area contributed by atoms with Crippen LogP contribution in [0, 0.1) is 5.92 Å². The first kappa shape index (κ1) is 13.3. The summed E-state index contributed by atoms with van der Waals surface area (Å²) >= 11 is 1.55. The Morgan fingerprint density at radius 2 is 2.30 bits per heavy atom. The van der Waals surface area contributed by atoms with Gasteiger partial charge in [0.15, 0.2) is 5.82 Å². The van der Waals surface area contributed by atoms with E-state index in [4.69, 9.17) is 4.52 Å². The number of carbonyl (C=O) groups excluding carboxylic acids is 1. The number of hydrogen-bond acceptors (Lipinski definition) is 5. The molecular weight excluding hydrogens is 274 g/mol. The predicted octanol–water partition coefficient (Wildman–Crippen LogP) is 2.99. The zero-order chi connectivity index (χ0) is 13.8. The van der Waals surface area contributed by atoms with Crippen molar-refractivity contribution in [3.05, 3.63) is 23.3 Å². The molecule has 2 heterocycles. The summed E-state index contributed by atoms with van der Waals surface area (Å²) in [5.74, 6) is 1.68. The van der Waals surface area contributed by atoms with E-state index in [1.165, 1.54) is 25.7 Å². The van der Waals surface area contributed by atoms with E-state index in [0.29, 0.717) is 30.6 Å². The molecule has 6 heteroatoms. The Kier molecular flexibility index (Phi) is 4.11. The van der Waals surface area contributed by atoms with Crippen LogP contribution in [0.5, 0.6) is 0 Å². The minimum absolute atomic E-state index is 0.0828. The maximum Gasteiger partial charge on any atom is 0.268 e. The van der Waals surface area contributed by atoms with Crippen molar-refractivity contribution in [2.75, 3.05) is 0 Å². The normalized spacial score (nSPS) is 15.6. The monoisotopic (exact) mass is 291 g/mol. The van der Waals surface area contributed by atoms with E-state index in [1.54, 1.807) is 11.3 Å². The van der Waals surface area contributed by atoms with Gasteiger partial charge in [0, 0.05) is 6.42 Å². The van der Waals surface area contributed by atoms with Crippen molar-refractivity contribution in [3.63, 3.8) is 0 Å². The van der Waals surface area contributed by atoms with Crippen LogP contribution in [0.3, 0.4) is 0 Å². The highest BCUT2D eigenvalue weighted by Gasteiger charge is 2.18. The van der Waals surface area contributed by atoms with Crippen LogP contribution in [0.1, 0.15) is 37.9 Å². The summed E-state index contributed by atoms with van der Waals surface area (Å²) in [4.78, 5) is 17.0. The third-order valence-corrected chi connectivity index (χ3v) is 4.45. The molecule has 1 N–H and O–H groups in total. The van der Waals surface area contributed by atoms with Crippen LogP contribution in [0.2, 0.25) is 0 Å². The molecule has 1 aliphatic rings. The molecule has 5 nitrogen and oxygen atoms in total. The number of nitrogens with one attached hydrogen (secondary N) is 1. The Bertz CT molecular complexity index is 559. The molecule has 2 aromatic heterocycles. The summed E-state index contributed by atoms with van der Waals surface area (Å²) in [5.41, 5.74) is 0. The largest absolute Gasteiger partial charge is 0.349 e. The van der Waals surface area contributed by atoms with Crippen LogP contribution in [-0.2, 0) is 11.3 Å². The third kappa shape index (κ3) is 3.25. The summed E-state index contributed by atoms with van der Waals surface area (Å²) in [6, 6.07) is 3.87. The summed E-state index contributed by atoms with van der Waals surface area (Å²) in [6.45, 7) is 0.334. The Balaban J connectivity index is 1.49. The lowest BCUT2D eigenvalue weighted by Gasteiger charge is -2.07. The fourth-order valence-corrected chi connectivity index (χ4v) is 3.20. The minimum Gasteiger partial charge on any atom is -0.349 e. The molecule has 0 saturated heterocycles. The Labute approximate surface area is 121 Å². The van der Waals surface area contributed by atoms with Gasteiger partial charge in [-0.3, -0.25) is 4.79 Å². The lowest BCUT2D eigenvalue weighted by molar-refractivity contribution is -0.122. The molecule has 20 heavy (non-hydrogen) atoms. The number of thiophene rings is 1. The molecule has 1 saturated carbocycles. The van der Waals surface area contributed by atoms with Crippen molar-refractivity contribution >= 4 is 17.2 Å².